The third-order valence-corrected chi connectivity index (χ3v) is 12.5. The molecule has 366 valence electrons. The molecule has 1 heterocycles. The van der Waals surface area contributed by atoms with Gasteiger partial charge in [0.25, 0.3) is 0 Å². The van der Waals surface area contributed by atoms with Gasteiger partial charge < -0.3 is 36.3 Å². The van der Waals surface area contributed by atoms with E-state index < -0.39 is 12.0 Å². The number of amides is 2. The average molecular weight is 880 g/mol. The highest BCUT2D eigenvalue weighted by Gasteiger charge is 2.34. The van der Waals surface area contributed by atoms with Gasteiger partial charge in [0.2, 0.25) is 11.8 Å². The molecule has 1 fully saturated rings. The van der Waals surface area contributed by atoms with Gasteiger partial charge in [0.05, 0.1) is 32.5 Å². The SMILES string of the molecule is CCCCCCCCCCCCCCCCCCOC(=O)C(CNC(=O)CCCCCCCCCCCCCCCCC)NC(=O)CCN1C[C@@H](COCCN)[C@@H](OCCN)C1. The fourth-order valence-corrected chi connectivity index (χ4v) is 8.60. The van der Waals surface area contributed by atoms with Crippen molar-refractivity contribution in [3.8, 4) is 0 Å². The number of ether oxygens (including phenoxy) is 3. The molecule has 2 amide bonds. The molecule has 1 saturated heterocycles. The number of hydrogen-bond acceptors (Lipinski definition) is 9. The maximum Gasteiger partial charge on any atom is 0.330 e. The quantitative estimate of drug-likeness (QED) is 0.0345. The Morgan fingerprint density at radius 2 is 1.00 bits per heavy atom. The Hall–Kier alpha value is -1.79. The van der Waals surface area contributed by atoms with E-state index in [9.17, 15) is 14.4 Å². The van der Waals surface area contributed by atoms with Crippen LogP contribution in [0.15, 0.2) is 0 Å². The van der Waals surface area contributed by atoms with Crippen molar-refractivity contribution in [3.63, 3.8) is 0 Å². The molecule has 11 heteroatoms. The number of carbonyl (C=O) groups is 3. The van der Waals surface area contributed by atoms with Crippen molar-refractivity contribution in [2.45, 2.75) is 238 Å². The van der Waals surface area contributed by atoms with Crippen molar-refractivity contribution >= 4 is 17.8 Å². The lowest BCUT2D eigenvalue weighted by molar-refractivity contribution is -0.148. The summed E-state index contributed by atoms with van der Waals surface area (Å²) in [6, 6.07) is -0.926. The van der Waals surface area contributed by atoms with Crippen LogP contribution < -0.4 is 22.1 Å². The number of nitrogens with one attached hydrogen (secondary N) is 2. The minimum atomic E-state index is -0.926. The second-order valence-corrected chi connectivity index (χ2v) is 18.4. The summed E-state index contributed by atoms with van der Waals surface area (Å²) in [5.41, 5.74) is 11.3. The highest BCUT2D eigenvalue weighted by molar-refractivity contribution is 5.85. The van der Waals surface area contributed by atoms with E-state index in [0.717, 1.165) is 45.1 Å². The lowest BCUT2D eigenvalue weighted by Gasteiger charge is -2.20. The van der Waals surface area contributed by atoms with Gasteiger partial charge in [-0.05, 0) is 12.8 Å². The van der Waals surface area contributed by atoms with Crippen molar-refractivity contribution < 1.29 is 28.6 Å². The summed E-state index contributed by atoms with van der Waals surface area (Å²) in [7, 11) is 0. The molecule has 62 heavy (non-hydrogen) atoms. The van der Waals surface area contributed by atoms with Crippen LogP contribution in [0.1, 0.15) is 226 Å². The van der Waals surface area contributed by atoms with Crippen LogP contribution in [-0.2, 0) is 28.6 Å². The van der Waals surface area contributed by atoms with E-state index in [1.54, 1.807) is 0 Å². The minimum Gasteiger partial charge on any atom is -0.464 e. The summed E-state index contributed by atoms with van der Waals surface area (Å²) in [5.74, 6) is -0.649. The Labute approximate surface area is 381 Å². The van der Waals surface area contributed by atoms with E-state index >= 15 is 0 Å². The third-order valence-electron chi connectivity index (χ3n) is 12.5. The lowest BCUT2D eigenvalue weighted by atomic mass is 10.0. The summed E-state index contributed by atoms with van der Waals surface area (Å²) in [4.78, 5) is 41.5. The largest absolute Gasteiger partial charge is 0.464 e. The monoisotopic (exact) mass is 880 g/mol. The number of carbonyl (C=O) groups excluding carboxylic acids is 3. The van der Waals surface area contributed by atoms with Gasteiger partial charge in [-0.1, -0.05) is 200 Å². The molecule has 0 aromatic rings. The molecule has 1 aliphatic rings. The molecule has 0 aromatic carbocycles. The Morgan fingerprint density at radius 3 is 1.47 bits per heavy atom. The zero-order chi connectivity index (χ0) is 45.0. The van der Waals surface area contributed by atoms with Gasteiger partial charge in [0.1, 0.15) is 6.04 Å². The standard InChI is InChI=1S/C51H101N5O6/c1-3-5-7-9-11-13-15-17-19-21-23-25-27-29-31-33-39-62-51(59)47(55-50(58)35-38-56-43-46(45-60-40-36-52)48(44-56)61-41-37-53)42-54-49(57)34-32-30-28-26-24-22-20-18-16-14-12-10-8-6-4-2/h46-48H,3-45,52-53H2,1-2H3,(H,54,57)(H,55,58)/t46-,47?,48-/m0/s1. The third kappa shape index (κ3) is 35.5. The molecule has 0 radical (unpaired) electrons. The second-order valence-electron chi connectivity index (χ2n) is 18.4. The van der Waals surface area contributed by atoms with E-state index in [-0.39, 0.29) is 36.8 Å². The van der Waals surface area contributed by atoms with Gasteiger partial charge in [-0.3, -0.25) is 14.5 Å². The van der Waals surface area contributed by atoms with Gasteiger partial charge in [0.15, 0.2) is 0 Å². The lowest BCUT2D eigenvalue weighted by Crippen LogP contribution is -2.49. The first-order valence-electron chi connectivity index (χ1n) is 26.5. The molecular weight excluding hydrogens is 779 g/mol. The summed E-state index contributed by atoms with van der Waals surface area (Å²) in [5, 5.41) is 5.80. The molecule has 1 unspecified atom stereocenters. The molecule has 0 bridgehead atoms. The van der Waals surface area contributed by atoms with Crippen LogP contribution >= 0.6 is 0 Å². The highest BCUT2D eigenvalue weighted by atomic mass is 16.5. The predicted octanol–water partition coefficient (Wildman–Crippen LogP) is 10.3. The number of nitrogens with zero attached hydrogens (tertiary/aromatic N) is 1. The summed E-state index contributed by atoms with van der Waals surface area (Å²) in [6.07, 6.45) is 40.3. The van der Waals surface area contributed by atoms with E-state index in [2.05, 4.69) is 29.4 Å². The average Bonchev–Trinajstić information content (AvgIpc) is 3.67. The van der Waals surface area contributed by atoms with Gasteiger partial charge in [-0.15, -0.1) is 0 Å². The van der Waals surface area contributed by atoms with Crippen LogP contribution in [-0.4, -0.2) is 101 Å². The van der Waals surface area contributed by atoms with Gasteiger partial charge >= 0.3 is 5.97 Å². The van der Waals surface area contributed by atoms with Crippen molar-refractivity contribution in [1.82, 2.24) is 15.5 Å². The molecule has 0 saturated carbocycles. The molecule has 0 spiro atoms. The Bertz CT molecular complexity index is 1020. The van der Waals surface area contributed by atoms with Crippen molar-refractivity contribution in [3.05, 3.63) is 0 Å². The number of unbranched alkanes of at least 4 members (excludes halogenated alkanes) is 29. The van der Waals surface area contributed by atoms with Crippen LogP contribution in [0.5, 0.6) is 0 Å². The zero-order valence-corrected chi connectivity index (χ0v) is 40.7. The number of hydrogen-bond donors (Lipinski definition) is 4. The topological polar surface area (TPSA) is 158 Å². The van der Waals surface area contributed by atoms with E-state index in [1.165, 1.54) is 161 Å². The number of esters is 1. The first kappa shape index (κ1) is 58.2. The van der Waals surface area contributed by atoms with Crippen molar-refractivity contribution in [2.24, 2.45) is 17.4 Å². The summed E-state index contributed by atoms with van der Waals surface area (Å²) >= 11 is 0. The number of rotatable bonds is 47. The van der Waals surface area contributed by atoms with Crippen LogP contribution in [0.3, 0.4) is 0 Å². The number of nitrogens with two attached hydrogens (primary N) is 2. The van der Waals surface area contributed by atoms with Crippen LogP contribution in [0.2, 0.25) is 0 Å². The molecule has 1 rings (SSSR count). The fraction of sp³-hybridized carbons (Fsp3) is 0.941. The Morgan fingerprint density at radius 1 is 0.548 bits per heavy atom. The molecule has 0 aromatic heterocycles. The van der Waals surface area contributed by atoms with E-state index in [4.69, 9.17) is 25.7 Å². The second kappa shape index (κ2) is 44.4. The predicted molar refractivity (Wildman–Crippen MR) is 258 cm³/mol. The first-order chi connectivity index (χ1) is 30.4. The normalized spacial score (nSPS) is 15.9. The summed E-state index contributed by atoms with van der Waals surface area (Å²) < 4.78 is 17.4. The summed E-state index contributed by atoms with van der Waals surface area (Å²) in [6.45, 7) is 9.27. The van der Waals surface area contributed by atoms with Crippen LogP contribution in [0.25, 0.3) is 0 Å². The zero-order valence-electron chi connectivity index (χ0n) is 40.7. The van der Waals surface area contributed by atoms with E-state index in [0.29, 0.717) is 59.0 Å². The van der Waals surface area contributed by atoms with Gasteiger partial charge in [-0.2, -0.15) is 0 Å². The molecule has 1 aliphatic heterocycles. The van der Waals surface area contributed by atoms with Crippen LogP contribution in [0.4, 0.5) is 0 Å². The highest BCUT2D eigenvalue weighted by Crippen LogP contribution is 2.21. The van der Waals surface area contributed by atoms with Gasteiger partial charge in [0, 0.05) is 58.0 Å². The van der Waals surface area contributed by atoms with Crippen molar-refractivity contribution in [1.29, 1.82) is 0 Å². The smallest absolute Gasteiger partial charge is 0.330 e. The van der Waals surface area contributed by atoms with Crippen LogP contribution in [0, 0.1) is 5.92 Å². The first-order valence-corrected chi connectivity index (χ1v) is 26.5. The Kier molecular flexibility index (Phi) is 41.7. The fourth-order valence-electron chi connectivity index (χ4n) is 8.60. The maximum absolute atomic E-state index is 13.3. The van der Waals surface area contributed by atoms with Crippen molar-refractivity contribution in [2.75, 3.05) is 65.7 Å². The van der Waals surface area contributed by atoms with Gasteiger partial charge in [-0.25, -0.2) is 4.79 Å². The Balaban J connectivity index is 2.40. The molecule has 6 N–H and O–H groups in total. The maximum atomic E-state index is 13.3. The number of likely N-dealkylation sites (tertiary alicyclic amines) is 1. The molecule has 3 atom stereocenters. The minimum absolute atomic E-state index is 0.0219. The molecular formula is C51H101N5O6. The molecule has 11 nitrogen and oxygen atoms in total. The molecule has 0 aliphatic carbocycles. The van der Waals surface area contributed by atoms with E-state index in [1.807, 2.05) is 0 Å².